The second-order valence-electron chi connectivity index (χ2n) is 3.19. The van der Waals surface area contributed by atoms with E-state index >= 15 is 0 Å². The number of alkyl halides is 3. The molecule has 2 aromatic heterocycles. The predicted molar refractivity (Wildman–Crippen MR) is 47.1 cm³/mol. The number of anilines is 1. The first kappa shape index (κ1) is 10.7. The van der Waals surface area contributed by atoms with Crippen molar-refractivity contribution >= 4 is 11.5 Å². The zero-order chi connectivity index (χ0) is 12.1. The number of rotatable bonds is 0. The molecule has 0 unspecified atom stereocenters. The minimum Gasteiger partial charge on any atom is -0.367 e. The topological polar surface area (TPSA) is 56.2 Å². The number of aromatic nitrogens is 3. The lowest BCUT2D eigenvalue weighted by Gasteiger charge is -2.04. The van der Waals surface area contributed by atoms with E-state index in [4.69, 9.17) is 5.73 Å². The maximum absolute atomic E-state index is 13.5. The highest BCUT2D eigenvalue weighted by Crippen LogP contribution is 2.36. The molecular weight excluding hydrogens is 228 g/mol. The molecule has 2 aromatic rings. The van der Waals surface area contributed by atoms with Crippen LogP contribution in [0.4, 0.5) is 23.5 Å². The van der Waals surface area contributed by atoms with Gasteiger partial charge in [0.05, 0.1) is 11.9 Å². The van der Waals surface area contributed by atoms with Crippen LogP contribution in [0.25, 0.3) is 5.52 Å². The van der Waals surface area contributed by atoms with E-state index in [1.807, 2.05) is 0 Å². The smallest absolute Gasteiger partial charge is 0.367 e. The Bertz CT molecular complexity index is 557. The maximum atomic E-state index is 13.5. The molecule has 0 atom stereocenters. The quantitative estimate of drug-likeness (QED) is 0.707. The molecule has 2 heterocycles. The number of halogens is 4. The predicted octanol–water partition coefficient (Wildman–Crippen LogP) is 1.78. The third kappa shape index (κ3) is 1.37. The molecule has 2 rings (SSSR count). The Morgan fingerprint density at radius 1 is 1.38 bits per heavy atom. The van der Waals surface area contributed by atoms with Gasteiger partial charge in [-0.1, -0.05) is 0 Å². The fourth-order valence-electron chi connectivity index (χ4n) is 1.49. The monoisotopic (exact) mass is 234 g/mol. The molecule has 16 heavy (non-hydrogen) atoms. The average molecular weight is 234 g/mol. The Labute approximate surface area is 86.7 Å². The molecule has 86 valence electrons. The summed E-state index contributed by atoms with van der Waals surface area (Å²) in [6.07, 6.45) is -3.85. The van der Waals surface area contributed by atoms with E-state index in [0.717, 1.165) is 17.6 Å². The third-order valence-corrected chi connectivity index (χ3v) is 2.16. The standard InChI is InChI=1S/C8H6F4N4/c1-3-5(8(10,11)12)6(9)4-2-14-7(13)15-16(3)4/h2H,1H3,(H2,13,15). The van der Waals surface area contributed by atoms with Crippen LogP contribution >= 0.6 is 0 Å². The van der Waals surface area contributed by atoms with Crippen molar-refractivity contribution in [2.45, 2.75) is 13.1 Å². The molecule has 8 heteroatoms. The summed E-state index contributed by atoms with van der Waals surface area (Å²) < 4.78 is 51.8. The number of nitrogens with two attached hydrogens (primary N) is 1. The van der Waals surface area contributed by atoms with Gasteiger partial charge in [0, 0.05) is 0 Å². The van der Waals surface area contributed by atoms with Gasteiger partial charge < -0.3 is 5.73 Å². The number of nitrogens with zero attached hydrogens (tertiary/aromatic N) is 3. The molecule has 4 nitrogen and oxygen atoms in total. The van der Waals surface area contributed by atoms with Gasteiger partial charge in [0.2, 0.25) is 5.95 Å². The zero-order valence-electron chi connectivity index (χ0n) is 8.01. The SMILES string of the molecule is Cc1c(C(F)(F)F)c(F)c2cnc(N)nn12. The molecule has 0 saturated carbocycles. The average Bonchev–Trinajstić information content (AvgIpc) is 2.38. The number of hydrogen-bond donors (Lipinski definition) is 1. The first-order valence-corrected chi connectivity index (χ1v) is 4.19. The normalized spacial score (nSPS) is 12.3. The molecule has 0 saturated heterocycles. The van der Waals surface area contributed by atoms with E-state index in [1.54, 1.807) is 0 Å². The second kappa shape index (κ2) is 3.06. The van der Waals surface area contributed by atoms with Gasteiger partial charge in [0.1, 0.15) is 11.1 Å². The van der Waals surface area contributed by atoms with Crippen LogP contribution in [0.5, 0.6) is 0 Å². The number of fused-ring (bicyclic) bond motifs is 1. The molecule has 0 aliphatic carbocycles. The summed E-state index contributed by atoms with van der Waals surface area (Å²) in [5, 5.41) is 3.51. The Hall–Kier alpha value is -1.86. The zero-order valence-corrected chi connectivity index (χ0v) is 8.01. The number of nitrogen functional groups attached to an aromatic ring is 1. The van der Waals surface area contributed by atoms with E-state index in [2.05, 4.69) is 10.1 Å². The first-order chi connectivity index (χ1) is 7.32. The molecule has 0 bridgehead atoms. The van der Waals surface area contributed by atoms with E-state index in [0.29, 0.717) is 0 Å². The summed E-state index contributed by atoms with van der Waals surface area (Å²) in [7, 11) is 0. The van der Waals surface area contributed by atoms with Gasteiger partial charge in [0.15, 0.2) is 5.82 Å². The van der Waals surface area contributed by atoms with Crippen molar-refractivity contribution in [1.82, 2.24) is 14.6 Å². The summed E-state index contributed by atoms with van der Waals surface area (Å²) in [5.74, 6) is -1.61. The van der Waals surface area contributed by atoms with Crippen LogP contribution in [0.1, 0.15) is 11.3 Å². The molecule has 2 N–H and O–H groups in total. The van der Waals surface area contributed by atoms with Crippen LogP contribution in [0.3, 0.4) is 0 Å². The van der Waals surface area contributed by atoms with Crippen molar-refractivity contribution in [3.05, 3.63) is 23.3 Å². The molecule has 0 fully saturated rings. The van der Waals surface area contributed by atoms with Gasteiger partial charge in [-0.25, -0.2) is 13.9 Å². The second-order valence-corrected chi connectivity index (χ2v) is 3.19. The summed E-state index contributed by atoms with van der Waals surface area (Å²) in [5.41, 5.74) is 3.17. The summed E-state index contributed by atoms with van der Waals surface area (Å²) >= 11 is 0. The summed E-state index contributed by atoms with van der Waals surface area (Å²) in [4.78, 5) is 3.44. The van der Waals surface area contributed by atoms with E-state index in [1.165, 1.54) is 0 Å². The molecule has 0 amide bonds. The molecule has 0 radical (unpaired) electrons. The largest absolute Gasteiger partial charge is 0.421 e. The van der Waals surface area contributed by atoms with Gasteiger partial charge >= 0.3 is 6.18 Å². The Kier molecular flexibility index (Phi) is 2.04. The van der Waals surface area contributed by atoms with Crippen LogP contribution in [0, 0.1) is 12.7 Å². The molecule has 0 spiro atoms. The van der Waals surface area contributed by atoms with Crippen molar-refractivity contribution < 1.29 is 17.6 Å². The fraction of sp³-hybridized carbons (Fsp3) is 0.250. The van der Waals surface area contributed by atoms with Crippen LogP contribution in [0.2, 0.25) is 0 Å². The van der Waals surface area contributed by atoms with Gasteiger partial charge in [-0.05, 0) is 6.92 Å². The fourth-order valence-corrected chi connectivity index (χ4v) is 1.49. The Balaban J connectivity index is 2.87. The molecule has 0 aliphatic heterocycles. The van der Waals surface area contributed by atoms with E-state index in [-0.39, 0.29) is 17.2 Å². The van der Waals surface area contributed by atoms with Gasteiger partial charge in [0.25, 0.3) is 0 Å². The third-order valence-electron chi connectivity index (χ3n) is 2.16. The van der Waals surface area contributed by atoms with Crippen LogP contribution < -0.4 is 5.73 Å². The minimum atomic E-state index is -4.77. The Morgan fingerprint density at radius 2 is 2.00 bits per heavy atom. The van der Waals surface area contributed by atoms with Crippen LogP contribution in [-0.4, -0.2) is 14.6 Å². The van der Waals surface area contributed by atoms with Gasteiger partial charge in [-0.2, -0.15) is 13.2 Å². The van der Waals surface area contributed by atoms with Crippen molar-refractivity contribution in [3.8, 4) is 0 Å². The highest BCUT2D eigenvalue weighted by molar-refractivity contribution is 5.54. The van der Waals surface area contributed by atoms with Crippen molar-refractivity contribution in [3.63, 3.8) is 0 Å². The minimum absolute atomic E-state index is 0.223. The van der Waals surface area contributed by atoms with E-state index in [9.17, 15) is 17.6 Å². The van der Waals surface area contributed by atoms with Crippen LogP contribution in [0.15, 0.2) is 6.20 Å². The maximum Gasteiger partial charge on any atom is 0.421 e. The number of aryl methyl sites for hydroxylation is 1. The van der Waals surface area contributed by atoms with Crippen molar-refractivity contribution in [1.29, 1.82) is 0 Å². The Morgan fingerprint density at radius 3 is 2.56 bits per heavy atom. The van der Waals surface area contributed by atoms with Crippen molar-refractivity contribution in [2.75, 3.05) is 5.73 Å². The number of hydrogen-bond acceptors (Lipinski definition) is 3. The molecular formula is C8H6F4N4. The van der Waals surface area contributed by atoms with E-state index < -0.39 is 17.6 Å². The lowest BCUT2D eigenvalue weighted by atomic mass is 10.2. The highest BCUT2D eigenvalue weighted by atomic mass is 19.4. The first-order valence-electron chi connectivity index (χ1n) is 4.19. The van der Waals surface area contributed by atoms with Gasteiger partial charge in [-0.15, -0.1) is 5.10 Å². The van der Waals surface area contributed by atoms with Crippen molar-refractivity contribution in [2.24, 2.45) is 0 Å². The van der Waals surface area contributed by atoms with Gasteiger partial charge in [-0.3, -0.25) is 0 Å². The lowest BCUT2D eigenvalue weighted by molar-refractivity contribution is -0.140. The molecule has 0 aliphatic rings. The summed E-state index contributed by atoms with van der Waals surface area (Å²) in [6.45, 7) is 1.12. The van der Waals surface area contributed by atoms with Crippen LogP contribution in [-0.2, 0) is 6.18 Å². The summed E-state index contributed by atoms with van der Waals surface area (Å²) in [6, 6.07) is 0. The highest BCUT2D eigenvalue weighted by Gasteiger charge is 2.39. The molecule has 0 aromatic carbocycles. The lowest BCUT2D eigenvalue weighted by Crippen LogP contribution is -2.08.